The number of anilines is 2. The molecule has 7 nitrogen and oxygen atoms in total. The smallest absolute Gasteiger partial charge is 0.210 e. The fourth-order valence-electron chi connectivity index (χ4n) is 2.04. The first-order chi connectivity index (χ1) is 11.8. The van der Waals surface area contributed by atoms with Gasteiger partial charge in [0.05, 0.1) is 18.6 Å². The number of methoxy groups -OCH3 is 1. The molecule has 3 aromatic rings. The number of nitrogens with one attached hydrogen (secondary N) is 1. The molecule has 0 radical (unpaired) electrons. The molecule has 0 aliphatic carbocycles. The predicted molar refractivity (Wildman–Crippen MR) is 92.8 cm³/mol. The van der Waals surface area contributed by atoms with Crippen LogP contribution in [0.25, 0.3) is 0 Å². The van der Waals surface area contributed by atoms with Crippen molar-refractivity contribution in [1.82, 2.24) is 19.7 Å². The van der Waals surface area contributed by atoms with Crippen LogP contribution in [-0.2, 0) is 11.3 Å². The summed E-state index contributed by atoms with van der Waals surface area (Å²) in [6.45, 7) is 3.23. The standard InChI is InChI=1S/C16H19N5O2S/c1-12(22-2)15-19-20-16(24-15)18-13-5-3-4-6-14(13)23-10-9-21-8-7-17-11-21/h3-8,11-12H,9-10H2,1-2H3,(H,18,20). The molecule has 2 heterocycles. The van der Waals surface area contributed by atoms with Gasteiger partial charge in [-0.15, -0.1) is 10.2 Å². The Labute approximate surface area is 144 Å². The number of hydrogen-bond donors (Lipinski definition) is 1. The van der Waals surface area contributed by atoms with E-state index in [2.05, 4.69) is 20.5 Å². The summed E-state index contributed by atoms with van der Waals surface area (Å²) in [7, 11) is 1.66. The predicted octanol–water partition coefficient (Wildman–Crippen LogP) is 3.26. The van der Waals surface area contributed by atoms with E-state index in [4.69, 9.17) is 9.47 Å². The fraction of sp³-hybridized carbons (Fsp3) is 0.312. The van der Waals surface area contributed by atoms with Crippen LogP contribution in [0.5, 0.6) is 5.75 Å². The van der Waals surface area contributed by atoms with Crippen LogP contribution in [-0.4, -0.2) is 33.5 Å². The van der Waals surface area contributed by atoms with Crippen LogP contribution in [0.15, 0.2) is 43.0 Å². The van der Waals surface area contributed by atoms with E-state index in [-0.39, 0.29) is 6.10 Å². The summed E-state index contributed by atoms with van der Waals surface area (Å²) in [5, 5.41) is 13.1. The molecule has 0 aliphatic heterocycles. The van der Waals surface area contributed by atoms with Gasteiger partial charge < -0.3 is 19.4 Å². The summed E-state index contributed by atoms with van der Waals surface area (Å²) in [5.41, 5.74) is 0.857. The quantitative estimate of drug-likeness (QED) is 0.675. The van der Waals surface area contributed by atoms with Gasteiger partial charge in [-0.2, -0.15) is 0 Å². The summed E-state index contributed by atoms with van der Waals surface area (Å²) in [6, 6.07) is 7.77. The SMILES string of the molecule is COC(C)c1nnc(Nc2ccccc2OCCn2ccnc2)s1. The number of hydrogen-bond acceptors (Lipinski definition) is 7. The van der Waals surface area contributed by atoms with Gasteiger partial charge in [0.2, 0.25) is 5.13 Å². The maximum absolute atomic E-state index is 5.88. The van der Waals surface area contributed by atoms with Gasteiger partial charge in [0.25, 0.3) is 0 Å². The lowest BCUT2D eigenvalue weighted by molar-refractivity contribution is 0.118. The van der Waals surface area contributed by atoms with E-state index in [1.807, 2.05) is 42.0 Å². The summed E-state index contributed by atoms with van der Waals surface area (Å²) >= 11 is 1.46. The van der Waals surface area contributed by atoms with Crippen LogP contribution < -0.4 is 10.1 Å². The van der Waals surface area contributed by atoms with E-state index >= 15 is 0 Å². The first-order valence-electron chi connectivity index (χ1n) is 7.57. The Morgan fingerprint density at radius 2 is 2.17 bits per heavy atom. The number of para-hydroxylation sites is 2. The van der Waals surface area contributed by atoms with E-state index in [1.165, 1.54) is 11.3 Å². The van der Waals surface area contributed by atoms with Crippen molar-refractivity contribution in [2.45, 2.75) is 19.6 Å². The van der Waals surface area contributed by atoms with Gasteiger partial charge >= 0.3 is 0 Å². The molecule has 0 fully saturated rings. The molecule has 1 aromatic carbocycles. The molecule has 1 N–H and O–H groups in total. The second-order valence-electron chi connectivity index (χ2n) is 5.09. The number of ether oxygens (including phenoxy) is 2. The monoisotopic (exact) mass is 345 g/mol. The highest BCUT2D eigenvalue weighted by molar-refractivity contribution is 7.15. The summed E-state index contributed by atoms with van der Waals surface area (Å²) in [5.74, 6) is 0.772. The third-order valence-corrected chi connectivity index (χ3v) is 4.44. The molecule has 0 amide bonds. The Balaban J connectivity index is 1.64. The highest BCUT2D eigenvalue weighted by Crippen LogP contribution is 2.30. The molecule has 1 unspecified atom stereocenters. The van der Waals surface area contributed by atoms with Crippen molar-refractivity contribution in [3.63, 3.8) is 0 Å². The lowest BCUT2D eigenvalue weighted by Crippen LogP contribution is -2.07. The van der Waals surface area contributed by atoms with Gasteiger partial charge in [-0.1, -0.05) is 23.5 Å². The molecular formula is C16H19N5O2S. The lowest BCUT2D eigenvalue weighted by Gasteiger charge is -2.11. The first kappa shape index (κ1) is 16.4. The van der Waals surface area contributed by atoms with Crippen molar-refractivity contribution >= 4 is 22.2 Å². The zero-order valence-corrected chi connectivity index (χ0v) is 14.4. The molecule has 8 heteroatoms. The lowest BCUT2D eigenvalue weighted by atomic mass is 10.3. The Bertz CT molecular complexity index is 759. The van der Waals surface area contributed by atoms with E-state index in [1.54, 1.807) is 19.6 Å². The van der Waals surface area contributed by atoms with Crippen LogP contribution in [0.1, 0.15) is 18.0 Å². The molecule has 0 spiro atoms. The average molecular weight is 345 g/mol. The normalized spacial score (nSPS) is 12.1. The van der Waals surface area contributed by atoms with Crippen molar-refractivity contribution in [3.8, 4) is 5.75 Å². The maximum atomic E-state index is 5.88. The zero-order chi connectivity index (χ0) is 16.8. The minimum Gasteiger partial charge on any atom is -0.490 e. The van der Waals surface area contributed by atoms with Gasteiger partial charge in [-0.3, -0.25) is 0 Å². The largest absolute Gasteiger partial charge is 0.490 e. The number of nitrogens with zero attached hydrogens (tertiary/aromatic N) is 4. The Morgan fingerprint density at radius 1 is 1.29 bits per heavy atom. The van der Waals surface area contributed by atoms with Crippen molar-refractivity contribution in [2.24, 2.45) is 0 Å². The van der Waals surface area contributed by atoms with Crippen LogP contribution >= 0.6 is 11.3 Å². The maximum Gasteiger partial charge on any atom is 0.210 e. The van der Waals surface area contributed by atoms with E-state index < -0.39 is 0 Å². The van der Waals surface area contributed by atoms with Crippen LogP contribution in [0.3, 0.4) is 0 Å². The van der Waals surface area contributed by atoms with Gasteiger partial charge in [0.1, 0.15) is 23.5 Å². The number of rotatable bonds is 8. The highest BCUT2D eigenvalue weighted by atomic mass is 32.1. The minimum atomic E-state index is -0.0697. The molecule has 3 rings (SSSR count). The topological polar surface area (TPSA) is 74.1 Å². The van der Waals surface area contributed by atoms with Gasteiger partial charge in [0.15, 0.2) is 0 Å². The van der Waals surface area contributed by atoms with Crippen molar-refractivity contribution < 1.29 is 9.47 Å². The van der Waals surface area contributed by atoms with Crippen molar-refractivity contribution in [1.29, 1.82) is 0 Å². The number of benzene rings is 1. The van der Waals surface area contributed by atoms with Gasteiger partial charge in [-0.25, -0.2) is 4.98 Å². The molecule has 1 atom stereocenters. The number of imidazole rings is 1. The molecular weight excluding hydrogens is 326 g/mol. The Morgan fingerprint density at radius 3 is 2.96 bits per heavy atom. The minimum absolute atomic E-state index is 0.0697. The first-order valence-corrected chi connectivity index (χ1v) is 8.38. The molecule has 24 heavy (non-hydrogen) atoms. The summed E-state index contributed by atoms with van der Waals surface area (Å²) < 4.78 is 13.1. The average Bonchev–Trinajstić information content (AvgIpc) is 3.27. The van der Waals surface area contributed by atoms with Crippen LogP contribution in [0.4, 0.5) is 10.8 Å². The van der Waals surface area contributed by atoms with Crippen molar-refractivity contribution in [3.05, 3.63) is 48.0 Å². The molecule has 126 valence electrons. The van der Waals surface area contributed by atoms with E-state index in [9.17, 15) is 0 Å². The van der Waals surface area contributed by atoms with Gasteiger partial charge in [-0.05, 0) is 19.1 Å². The molecule has 0 aliphatic rings. The number of aromatic nitrogens is 4. The second-order valence-corrected chi connectivity index (χ2v) is 6.10. The highest BCUT2D eigenvalue weighted by Gasteiger charge is 2.12. The summed E-state index contributed by atoms with van der Waals surface area (Å²) in [6.07, 6.45) is 5.36. The van der Waals surface area contributed by atoms with Crippen molar-refractivity contribution in [2.75, 3.05) is 19.0 Å². The molecule has 2 aromatic heterocycles. The van der Waals surface area contributed by atoms with Gasteiger partial charge in [0, 0.05) is 19.5 Å². The van der Waals surface area contributed by atoms with Crippen LogP contribution in [0, 0.1) is 0 Å². The molecule has 0 saturated carbocycles. The zero-order valence-electron chi connectivity index (χ0n) is 13.5. The van der Waals surface area contributed by atoms with E-state index in [0.29, 0.717) is 11.7 Å². The fourth-order valence-corrected chi connectivity index (χ4v) is 2.83. The molecule has 0 saturated heterocycles. The molecule has 0 bridgehead atoms. The van der Waals surface area contributed by atoms with Crippen LogP contribution in [0.2, 0.25) is 0 Å². The third kappa shape index (κ3) is 4.09. The third-order valence-electron chi connectivity index (χ3n) is 3.44. The Hall–Kier alpha value is -2.45. The Kier molecular flexibility index (Phi) is 5.39. The second kappa shape index (κ2) is 7.89. The van der Waals surface area contributed by atoms with E-state index in [0.717, 1.165) is 23.0 Å². The summed E-state index contributed by atoms with van der Waals surface area (Å²) in [4.78, 5) is 4.02.